The Morgan fingerprint density at radius 2 is 1.57 bits per heavy atom. The quantitative estimate of drug-likeness (QED) is 0.874. The van der Waals surface area contributed by atoms with Crippen LogP contribution in [0.25, 0.3) is 0 Å². The lowest BCUT2D eigenvalue weighted by molar-refractivity contribution is 0.0729. The number of carbonyl (C=O) groups excluding carboxylic acids is 2. The molecule has 1 aliphatic rings. The van der Waals surface area contributed by atoms with E-state index in [0.717, 1.165) is 22.9 Å². The molecule has 0 bridgehead atoms. The Kier molecular flexibility index (Phi) is 4.48. The van der Waals surface area contributed by atoms with Crippen LogP contribution >= 0.6 is 15.9 Å². The van der Waals surface area contributed by atoms with E-state index < -0.39 is 5.91 Å². The lowest BCUT2D eigenvalue weighted by Gasteiger charge is -2.23. The van der Waals surface area contributed by atoms with E-state index in [0.29, 0.717) is 23.7 Å². The second-order valence-corrected chi connectivity index (χ2v) is 6.65. The molecule has 0 unspecified atom stereocenters. The molecular weight excluding hydrogens is 356 g/mol. The van der Waals surface area contributed by atoms with Gasteiger partial charge >= 0.3 is 0 Å². The first kappa shape index (κ1) is 15.7. The van der Waals surface area contributed by atoms with Crippen LogP contribution in [0.15, 0.2) is 53.0 Å². The fraction of sp³-hybridized carbons (Fsp3) is 0.222. The highest BCUT2D eigenvalue weighted by Gasteiger charge is 2.33. The predicted octanol–water partition coefficient (Wildman–Crippen LogP) is 3.35. The van der Waals surface area contributed by atoms with Gasteiger partial charge in [-0.25, -0.2) is 0 Å². The van der Waals surface area contributed by atoms with E-state index in [4.69, 9.17) is 5.73 Å². The third-order valence-electron chi connectivity index (χ3n) is 3.93. The molecule has 0 aromatic heterocycles. The molecule has 23 heavy (non-hydrogen) atoms. The first-order chi connectivity index (χ1) is 11.0. The van der Waals surface area contributed by atoms with Gasteiger partial charge in [0.05, 0.1) is 0 Å². The summed E-state index contributed by atoms with van der Waals surface area (Å²) in [4.78, 5) is 25.8. The summed E-state index contributed by atoms with van der Waals surface area (Å²) in [5.41, 5.74) is 7.41. The van der Waals surface area contributed by atoms with Crippen LogP contribution in [0.1, 0.15) is 39.1 Å². The minimum Gasteiger partial charge on any atom is -0.366 e. The molecule has 1 saturated carbocycles. The Hall–Kier alpha value is -2.14. The van der Waals surface area contributed by atoms with Gasteiger partial charge in [-0.05, 0) is 54.8 Å². The lowest BCUT2D eigenvalue weighted by atomic mass is 10.1. The van der Waals surface area contributed by atoms with Crippen LogP contribution in [0.2, 0.25) is 0 Å². The van der Waals surface area contributed by atoms with Crippen molar-refractivity contribution in [2.45, 2.75) is 25.4 Å². The van der Waals surface area contributed by atoms with E-state index in [2.05, 4.69) is 15.9 Å². The van der Waals surface area contributed by atoms with Crippen molar-refractivity contribution < 1.29 is 9.59 Å². The molecule has 0 heterocycles. The number of amides is 2. The van der Waals surface area contributed by atoms with Crippen molar-refractivity contribution >= 4 is 27.7 Å². The lowest BCUT2D eigenvalue weighted by Crippen LogP contribution is -2.32. The van der Waals surface area contributed by atoms with Gasteiger partial charge < -0.3 is 10.6 Å². The fourth-order valence-corrected chi connectivity index (χ4v) is 2.75. The Labute approximate surface area is 143 Å². The number of primary amides is 1. The first-order valence-corrected chi connectivity index (χ1v) is 8.29. The van der Waals surface area contributed by atoms with E-state index in [-0.39, 0.29) is 5.91 Å². The van der Waals surface area contributed by atoms with Crippen molar-refractivity contribution in [3.8, 4) is 0 Å². The van der Waals surface area contributed by atoms with Gasteiger partial charge in [0.25, 0.3) is 5.91 Å². The predicted molar refractivity (Wildman–Crippen MR) is 92.0 cm³/mol. The highest BCUT2D eigenvalue weighted by Crippen LogP contribution is 2.30. The van der Waals surface area contributed by atoms with E-state index in [9.17, 15) is 9.59 Å². The van der Waals surface area contributed by atoms with Gasteiger partial charge in [-0.3, -0.25) is 9.59 Å². The zero-order valence-electron chi connectivity index (χ0n) is 12.5. The fourth-order valence-electron chi connectivity index (χ4n) is 2.48. The molecule has 118 valence electrons. The molecule has 2 N–H and O–H groups in total. The van der Waals surface area contributed by atoms with Crippen LogP contribution in [0.4, 0.5) is 0 Å². The maximum Gasteiger partial charge on any atom is 0.254 e. The zero-order valence-corrected chi connectivity index (χ0v) is 14.1. The second kappa shape index (κ2) is 6.54. The summed E-state index contributed by atoms with van der Waals surface area (Å²) in [6.07, 6.45) is 2.09. The van der Waals surface area contributed by atoms with Crippen LogP contribution in [0, 0.1) is 0 Å². The van der Waals surface area contributed by atoms with Gasteiger partial charge in [-0.2, -0.15) is 0 Å². The van der Waals surface area contributed by atoms with Gasteiger partial charge in [0.1, 0.15) is 0 Å². The summed E-state index contributed by atoms with van der Waals surface area (Å²) >= 11 is 3.38. The monoisotopic (exact) mass is 372 g/mol. The normalized spacial score (nSPS) is 13.6. The van der Waals surface area contributed by atoms with Gasteiger partial charge in [0, 0.05) is 28.2 Å². The number of carbonyl (C=O) groups is 2. The molecule has 0 atom stereocenters. The molecule has 4 nitrogen and oxygen atoms in total. The molecule has 2 aromatic rings. The molecule has 0 spiro atoms. The van der Waals surface area contributed by atoms with Crippen LogP contribution in [-0.4, -0.2) is 22.8 Å². The number of hydrogen-bond donors (Lipinski definition) is 1. The summed E-state index contributed by atoms with van der Waals surface area (Å²) in [6, 6.07) is 14.8. The maximum absolute atomic E-state index is 12.8. The van der Waals surface area contributed by atoms with Crippen molar-refractivity contribution in [3.05, 3.63) is 69.7 Å². The van der Waals surface area contributed by atoms with Gasteiger partial charge in [-0.1, -0.05) is 28.1 Å². The minimum absolute atomic E-state index is 0.0407. The largest absolute Gasteiger partial charge is 0.366 e. The van der Waals surface area contributed by atoms with Gasteiger partial charge in [0.15, 0.2) is 0 Å². The zero-order chi connectivity index (χ0) is 16.4. The topological polar surface area (TPSA) is 63.4 Å². The second-order valence-electron chi connectivity index (χ2n) is 5.73. The Bertz CT molecular complexity index is 722. The standard InChI is InChI=1S/C18H17BrN2O2/c19-15-7-5-14(6-8-15)18(23)21(16-9-10-16)11-12-1-3-13(4-2-12)17(20)22/h1-8,16H,9-11H2,(H2,20,22). The first-order valence-electron chi connectivity index (χ1n) is 7.50. The van der Waals surface area contributed by atoms with Gasteiger partial charge in [-0.15, -0.1) is 0 Å². The molecule has 2 aromatic carbocycles. The summed E-state index contributed by atoms with van der Waals surface area (Å²) in [5, 5.41) is 0. The summed E-state index contributed by atoms with van der Waals surface area (Å²) < 4.78 is 0.953. The van der Waals surface area contributed by atoms with Crippen LogP contribution < -0.4 is 5.73 Å². The molecule has 1 aliphatic carbocycles. The van der Waals surface area contributed by atoms with E-state index in [1.807, 2.05) is 41.3 Å². The number of rotatable bonds is 5. The third kappa shape index (κ3) is 3.79. The molecule has 2 amide bonds. The maximum atomic E-state index is 12.8. The average Bonchev–Trinajstić information content (AvgIpc) is 3.38. The number of nitrogens with zero attached hydrogens (tertiary/aromatic N) is 1. The molecule has 0 aliphatic heterocycles. The number of hydrogen-bond acceptors (Lipinski definition) is 2. The van der Waals surface area contributed by atoms with Gasteiger partial charge in [0.2, 0.25) is 5.91 Å². The Balaban J connectivity index is 1.77. The number of nitrogens with two attached hydrogens (primary N) is 1. The van der Waals surface area contributed by atoms with Crippen molar-refractivity contribution in [2.24, 2.45) is 5.73 Å². The van der Waals surface area contributed by atoms with Crippen LogP contribution in [-0.2, 0) is 6.54 Å². The van der Waals surface area contributed by atoms with E-state index >= 15 is 0 Å². The SMILES string of the molecule is NC(=O)c1ccc(CN(C(=O)c2ccc(Br)cc2)C2CC2)cc1. The molecule has 3 rings (SSSR count). The van der Waals surface area contributed by atoms with Crippen molar-refractivity contribution in [2.75, 3.05) is 0 Å². The summed E-state index contributed by atoms with van der Waals surface area (Å²) in [5.74, 6) is -0.402. The third-order valence-corrected chi connectivity index (χ3v) is 4.46. The molecule has 5 heteroatoms. The highest BCUT2D eigenvalue weighted by molar-refractivity contribution is 9.10. The van der Waals surface area contributed by atoms with Crippen molar-refractivity contribution in [1.82, 2.24) is 4.90 Å². The van der Waals surface area contributed by atoms with E-state index in [1.54, 1.807) is 12.1 Å². The Morgan fingerprint density at radius 3 is 2.09 bits per heavy atom. The van der Waals surface area contributed by atoms with Crippen molar-refractivity contribution in [1.29, 1.82) is 0 Å². The smallest absolute Gasteiger partial charge is 0.254 e. The number of halogens is 1. The molecule has 0 saturated heterocycles. The van der Waals surface area contributed by atoms with Crippen LogP contribution in [0.3, 0.4) is 0 Å². The molecule has 1 fully saturated rings. The summed E-state index contributed by atoms with van der Waals surface area (Å²) in [6.45, 7) is 0.540. The highest BCUT2D eigenvalue weighted by atomic mass is 79.9. The Morgan fingerprint density at radius 1 is 1.00 bits per heavy atom. The van der Waals surface area contributed by atoms with E-state index in [1.165, 1.54) is 0 Å². The summed E-state index contributed by atoms with van der Waals surface area (Å²) in [7, 11) is 0. The minimum atomic E-state index is -0.443. The molecule has 0 radical (unpaired) electrons. The van der Waals surface area contributed by atoms with Crippen molar-refractivity contribution in [3.63, 3.8) is 0 Å². The number of benzene rings is 2. The van der Waals surface area contributed by atoms with Crippen LogP contribution in [0.5, 0.6) is 0 Å². The molecular formula is C18H17BrN2O2. The average molecular weight is 373 g/mol.